The number of thiazole rings is 1. The maximum atomic E-state index is 4.47. The van der Waals surface area contributed by atoms with Crippen molar-refractivity contribution >= 4 is 41.3 Å². The van der Waals surface area contributed by atoms with Crippen LogP contribution in [0.3, 0.4) is 0 Å². The monoisotopic (exact) mass is 462 g/mol. The van der Waals surface area contributed by atoms with E-state index in [-0.39, 0.29) is 24.0 Å². The first kappa shape index (κ1) is 20.9. The Morgan fingerprint density at radius 3 is 2.54 bits per heavy atom. The van der Waals surface area contributed by atoms with Crippen molar-refractivity contribution in [1.29, 1.82) is 0 Å². The molecule has 0 aromatic carbocycles. The van der Waals surface area contributed by atoms with E-state index in [2.05, 4.69) is 43.4 Å². The minimum Gasteiger partial charge on any atom is -0.356 e. The van der Waals surface area contributed by atoms with Gasteiger partial charge in [0.1, 0.15) is 0 Å². The highest BCUT2D eigenvalue weighted by atomic mass is 127. The van der Waals surface area contributed by atoms with Crippen LogP contribution in [-0.4, -0.2) is 34.3 Å². The summed E-state index contributed by atoms with van der Waals surface area (Å²) in [6.45, 7) is 10.7. The third kappa shape index (κ3) is 6.04. The second-order valence-corrected chi connectivity index (χ2v) is 6.89. The Balaban J connectivity index is 0.00000288. The number of aromatic nitrogens is 3. The van der Waals surface area contributed by atoms with Crippen LogP contribution in [0.15, 0.2) is 11.1 Å². The predicted octanol–water partition coefficient (Wildman–Crippen LogP) is 2.95. The van der Waals surface area contributed by atoms with Gasteiger partial charge in [-0.3, -0.25) is 9.67 Å². The normalized spacial score (nSPS) is 11.3. The number of hydrogen-bond acceptors (Lipinski definition) is 4. The summed E-state index contributed by atoms with van der Waals surface area (Å²) in [5, 5.41) is 12.3. The zero-order valence-electron chi connectivity index (χ0n) is 15.0. The van der Waals surface area contributed by atoms with Crippen molar-refractivity contribution in [3.63, 3.8) is 0 Å². The Morgan fingerprint density at radius 2 is 2.00 bits per heavy atom. The van der Waals surface area contributed by atoms with Gasteiger partial charge in [-0.2, -0.15) is 5.10 Å². The van der Waals surface area contributed by atoms with Crippen molar-refractivity contribution in [3.05, 3.63) is 33.0 Å². The molecule has 2 rings (SSSR count). The molecule has 0 aliphatic rings. The quantitative estimate of drug-likeness (QED) is 0.300. The van der Waals surface area contributed by atoms with Crippen LogP contribution in [-0.2, 0) is 13.1 Å². The van der Waals surface area contributed by atoms with Gasteiger partial charge in [-0.05, 0) is 40.2 Å². The fourth-order valence-corrected chi connectivity index (χ4v) is 3.34. The summed E-state index contributed by atoms with van der Waals surface area (Å²) in [5.41, 5.74) is 3.38. The van der Waals surface area contributed by atoms with Crippen molar-refractivity contribution < 1.29 is 0 Å². The lowest BCUT2D eigenvalue weighted by atomic mass is 10.4. The minimum absolute atomic E-state index is 0. The number of rotatable bonds is 6. The maximum Gasteiger partial charge on any atom is 0.191 e. The maximum absolute atomic E-state index is 4.47. The van der Waals surface area contributed by atoms with Gasteiger partial charge in [0.05, 0.1) is 22.9 Å². The minimum atomic E-state index is 0. The van der Waals surface area contributed by atoms with E-state index in [1.54, 1.807) is 18.4 Å². The van der Waals surface area contributed by atoms with Gasteiger partial charge in [-0.15, -0.1) is 35.3 Å². The molecule has 0 spiro atoms. The second-order valence-electron chi connectivity index (χ2n) is 5.60. The molecular weight excluding hydrogens is 435 g/mol. The van der Waals surface area contributed by atoms with E-state index in [9.17, 15) is 0 Å². The molecule has 0 saturated carbocycles. The van der Waals surface area contributed by atoms with E-state index >= 15 is 0 Å². The number of halogens is 1. The molecule has 2 N–H and O–H groups in total. The number of guanidine groups is 1. The zero-order chi connectivity index (χ0) is 16.8. The summed E-state index contributed by atoms with van der Waals surface area (Å²) in [4.78, 5) is 9.96. The van der Waals surface area contributed by atoms with Crippen LogP contribution in [0.1, 0.15) is 33.4 Å². The summed E-state index contributed by atoms with van der Waals surface area (Å²) < 4.78 is 2.05. The Bertz CT molecular complexity index is 676. The van der Waals surface area contributed by atoms with Crippen molar-refractivity contribution in [2.45, 2.75) is 47.2 Å². The van der Waals surface area contributed by atoms with Crippen LogP contribution >= 0.6 is 35.3 Å². The second kappa shape index (κ2) is 9.97. The summed E-state index contributed by atoms with van der Waals surface area (Å²) >= 11 is 1.73. The number of nitrogens with one attached hydrogen (secondary N) is 2. The summed E-state index contributed by atoms with van der Waals surface area (Å²) in [6, 6.07) is 2.10. The lowest BCUT2D eigenvalue weighted by Gasteiger charge is -2.11. The molecule has 0 aliphatic carbocycles. The van der Waals surface area contributed by atoms with Crippen LogP contribution in [0.5, 0.6) is 0 Å². The number of nitrogens with zero attached hydrogens (tertiary/aromatic N) is 4. The lowest BCUT2D eigenvalue weighted by molar-refractivity contribution is 0.555. The van der Waals surface area contributed by atoms with Crippen molar-refractivity contribution in [2.75, 3.05) is 13.6 Å². The van der Waals surface area contributed by atoms with Gasteiger partial charge in [0.25, 0.3) is 0 Å². The molecule has 0 unspecified atom stereocenters. The molecule has 2 heterocycles. The van der Waals surface area contributed by atoms with Gasteiger partial charge in [0.15, 0.2) is 5.96 Å². The summed E-state index contributed by atoms with van der Waals surface area (Å²) in [7, 11) is 1.79. The van der Waals surface area contributed by atoms with Gasteiger partial charge < -0.3 is 10.6 Å². The molecular formula is C16H27IN6S. The summed E-state index contributed by atoms with van der Waals surface area (Å²) in [5.74, 6) is 0.823. The lowest BCUT2D eigenvalue weighted by Crippen LogP contribution is -2.37. The third-order valence-electron chi connectivity index (χ3n) is 3.58. The van der Waals surface area contributed by atoms with E-state index in [0.29, 0.717) is 0 Å². The molecule has 134 valence electrons. The van der Waals surface area contributed by atoms with Gasteiger partial charge in [-0.25, -0.2) is 4.98 Å². The highest BCUT2D eigenvalue weighted by Crippen LogP contribution is 2.16. The molecule has 24 heavy (non-hydrogen) atoms. The van der Waals surface area contributed by atoms with Gasteiger partial charge in [-0.1, -0.05) is 0 Å². The van der Waals surface area contributed by atoms with Crippen LogP contribution < -0.4 is 10.6 Å². The SMILES string of the molecule is CN=C(NCCCn1nc(C)cc1C)NCc1sc(C)nc1C.I. The molecule has 6 nitrogen and oxygen atoms in total. The van der Waals surface area contributed by atoms with Gasteiger partial charge in [0.2, 0.25) is 0 Å². The average Bonchev–Trinajstić information content (AvgIpc) is 2.99. The van der Waals surface area contributed by atoms with Crippen molar-refractivity contribution in [3.8, 4) is 0 Å². The highest BCUT2D eigenvalue weighted by Gasteiger charge is 2.06. The standard InChI is InChI=1S/C16H26N6S.HI/c1-11-9-12(2)22(21-11)8-6-7-18-16(17-5)19-10-15-13(3)20-14(4)23-15;/h9H,6-8,10H2,1-5H3,(H2,17,18,19);1H. The van der Waals surface area contributed by atoms with E-state index < -0.39 is 0 Å². The first-order chi connectivity index (χ1) is 11.0. The van der Waals surface area contributed by atoms with Gasteiger partial charge in [0, 0.05) is 30.7 Å². The topological polar surface area (TPSA) is 67.1 Å². The zero-order valence-corrected chi connectivity index (χ0v) is 18.2. The molecule has 0 saturated heterocycles. The van der Waals surface area contributed by atoms with Gasteiger partial charge >= 0.3 is 0 Å². The third-order valence-corrected chi connectivity index (χ3v) is 4.65. The fourth-order valence-electron chi connectivity index (χ4n) is 2.46. The van der Waals surface area contributed by atoms with Crippen LogP contribution in [0, 0.1) is 27.7 Å². The van der Waals surface area contributed by atoms with Crippen LogP contribution in [0.4, 0.5) is 0 Å². The van der Waals surface area contributed by atoms with Crippen molar-refractivity contribution in [2.24, 2.45) is 4.99 Å². The molecule has 8 heteroatoms. The van der Waals surface area contributed by atoms with E-state index in [4.69, 9.17) is 0 Å². The number of hydrogen-bond donors (Lipinski definition) is 2. The Hall–Kier alpha value is -1.16. The first-order valence-electron chi connectivity index (χ1n) is 7.88. The number of aryl methyl sites for hydroxylation is 5. The average molecular weight is 462 g/mol. The van der Waals surface area contributed by atoms with Crippen LogP contribution in [0.25, 0.3) is 0 Å². The van der Waals surface area contributed by atoms with E-state index in [1.807, 2.05) is 20.8 Å². The Morgan fingerprint density at radius 1 is 1.25 bits per heavy atom. The number of aliphatic imine (C=N–C) groups is 1. The fraction of sp³-hybridized carbons (Fsp3) is 0.562. The Labute approximate surface area is 165 Å². The molecule has 0 aliphatic heterocycles. The largest absolute Gasteiger partial charge is 0.356 e. The molecule has 0 amide bonds. The molecule has 2 aromatic heterocycles. The predicted molar refractivity (Wildman–Crippen MR) is 112 cm³/mol. The smallest absolute Gasteiger partial charge is 0.191 e. The highest BCUT2D eigenvalue weighted by molar-refractivity contribution is 14.0. The van der Waals surface area contributed by atoms with Crippen molar-refractivity contribution in [1.82, 2.24) is 25.4 Å². The summed E-state index contributed by atoms with van der Waals surface area (Å²) in [6.07, 6.45) is 1.00. The molecule has 0 atom stereocenters. The van der Waals surface area contributed by atoms with E-state index in [0.717, 1.165) is 48.4 Å². The molecule has 2 aromatic rings. The molecule has 0 fully saturated rings. The van der Waals surface area contributed by atoms with E-state index in [1.165, 1.54) is 10.6 Å². The molecule has 0 radical (unpaired) electrons. The Kier molecular flexibility index (Phi) is 8.68. The van der Waals surface area contributed by atoms with Crippen LogP contribution in [0.2, 0.25) is 0 Å². The first-order valence-corrected chi connectivity index (χ1v) is 8.69. The molecule has 0 bridgehead atoms.